The molecule has 0 saturated carbocycles. The molecule has 1 aromatic heterocycles. The highest BCUT2D eigenvalue weighted by atomic mass is 16.1. The van der Waals surface area contributed by atoms with E-state index in [2.05, 4.69) is 21.7 Å². The summed E-state index contributed by atoms with van der Waals surface area (Å²) in [6.07, 6.45) is 9.78. The zero-order valence-electron chi connectivity index (χ0n) is 15.2. The zero-order valence-corrected chi connectivity index (χ0v) is 15.2. The number of piperidine rings is 3. The molecule has 2 bridgehead atoms. The summed E-state index contributed by atoms with van der Waals surface area (Å²) in [6, 6.07) is 5.33. The summed E-state index contributed by atoms with van der Waals surface area (Å²) in [6.45, 7) is 5.75. The van der Waals surface area contributed by atoms with Crippen molar-refractivity contribution in [1.82, 2.24) is 9.88 Å². The first-order chi connectivity index (χ1) is 12.2. The predicted octanol–water partition coefficient (Wildman–Crippen LogP) is 2.66. The van der Waals surface area contributed by atoms with E-state index < -0.39 is 5.91 Å². The van der Waals surface area contributed by atoms with Gasteiger partial charge in [0.1, 0.15) is 5.82 Å². The molecule has 5 nitrogen and oxygen atoms in total. The summed E-state index contributed by atoms with van der Waals surface area (Å²) in [4.78, 5) is 21.1. The van der Waals surface area contributed by atoms with Gasteiger partial charge < -0.3 is 10.6 Å². The molecule has 0 aliphatic carbocycles. The fourth-order valence-corrected chi connectivity index (χ4v) is 5.46. The molecule has 3 fully saturated rings. The van der Waals surface area contributed by atoms with Crippen LogP contribution in [0.25, 0.3) is 0 Å². The lowest BCUT2D eigenvalue weighted by Gasteiger charge is -2.55. The SMILES string of the molecule is CCC[C@H]1CCC[C@H]2[C@@H]3C[C@@H](CN(c4ccc(C(N)=O)cn4)C3)CN12. The Morgan fingerprint density at radius 1 is 1.28 bits per heavy atom. The Bertz CT molecular complexity index is 615. The number of fused-ring (bicyclic) bond motifs is 4. The van der Waals surface area contributed by atoms with Crippen LogP contribution >= 0.6 is 0 Å². The highest BCUT2D eigenvalue weighted by Crippen LogP contribution is 2.41. The van der Waals surface area contributed by atoms with Crippen molar-refractivity contribution in [2.45, 2.75) is 57.5 Å². The number of hydrogen-bond acceptors (Lipinski definition) is 4. The molecule has 0 spiro atoms. The van der Waals surface area contributed by atoms with Crippen LogP contribution in [-0.4, -0.2) is 47.5 Å². The third kappa shape index (κ3) is 3.26. The van der Waals surface area contributed by atoms with Crippen LogP contribution in [0.3, 0.4) is 0 Å². The van der Waals surface area contributed by atoms with Gasteiger partial charge in [-0.1, -0.05) is 19.8 Å². The van der Waals surface area contributed by atoms with Gasteiger partial charge in [-0.15, -0.1) is 0 Å². The molecule has 4 heterocycles. The Labute approximate surface area is 150 Å². The number of primary amides is 1. The number of amides is 1. The van der Waals surface area contributed by atoms with Gasteiger partial charge in [0.15, 0.2) is 0 Å². The predicted molar refractivity (Wildman–Crippen MR) is 99.6 cm³/mol. The Morgan fingerprint density at radius 3 is 2.88 bits per heavy atom. The summed E-state index contributed by atoms with van der Waals surface area (Å²) in [7, 11) is 0. The minimum absolute atomic E-state index is 0.408. The monoisotopic (exact) mass is 342 g/mol. The summed E-state index contributed by atoms with van der Waals surface area (Å²) in [5.41, 5.74) is 5.82. The van der Waals surface area contributed by atoms with E-state index in [0.29, 0.717) is 5.56 Å². The third-order valence-electron chi connectivity index (χ3n) is 6.49. The maximum absolute atomic E-state index is 11.3. The average molecular weight is 342 g/mol. The van der Waals surface area contributed by atoms with Gasteiger partial charge in [0.25, 0.3) is 0 Å². The Balaban J connectivity index is 1.49. The molecule has 4 rings (SSSR count). The average Bonchev–Trinajstić information content (AvgIpc) is 2.62. The van der Waals surface area contributed by atoms with Gasteiger partial charge in [0.2, 0.25) is 5.91 Å². The van der Waals surface area contributed by atoms with Gasteiger partial charge in [-0.2, -0.15) is 0 Å². The largest absolute Gasteiger partial charge is 0.366 e. The molecule has 1 aromatic rings. The second-order valence-electron chi connectivity index (χ2n) is 8.17. The number of aromatic nitrogens is 1. The first-order valence-electron chi connectivity index (χ1n) is 9.92. The maximum Gasteiger partial charge on any atom is 0.250 e. The lowest BCUT2D eigenvalue weighted by atomic mass is 9.74. The molecule has 0 radical (unpaired) electrons. The molecule has 0 aromatic carbocycles. The molecule has 5 heteroatoms. The van der Waals surface area contributed by atoms with E-state index >= 15 is 0 Å². The molecule has 3 aliphatic rings. The third-order valence-corrected chi connectivity index (χ3v) is 6.49. The van der Waals surface area contributed by atoms with Crippen molar-refractivity contribution in [3.05, 3.63) is 23.9 Å². The molecular weight excluding hydrogens is 312 g/mol. The molecule has 136 valence electrons. The van der Waals surface area contributed by atoms with E-state index in [1.807, 2.05) is 6.07 Å². The number of anilines is 1. The van der Waals surface area contributed by atoms with E-state index in [1.165, 1.54) is 45.1 Å². The zero-order chi connectivity index (χ0) is 17.4. The van der Waals surface area contributed by atoms with Crippen LogP contribution in [0.4, 0.5) is 5.82 Å². The Hall–Kier alpha value is -1.62. The molecular formula is C20H30N4O. The van der Waals surface area contributed by atoms with Crippen LogP contribution in [0.2, 0.25) is 0 Å². The fraction of sp³-hybridized carbons (Fsp3) is 0.700. The van der Waals surface area contributed by atoms with Gasteiger partial charge in [0.05, 0.1) is 5.56 Å². The lowest BCUT2D eigenvalue weighted by Crippen LogP contribution is -2.61. The van der Waals surface area contributed by atoms with Gasteiger partial charge in [-0.25, -0.2) is 4.98 Å². The van der Waals surface area contributed by atoms with Crippen LogP contribution in [0, 0.1) is 11.8 Å². The quantitative estimate of drug-likeness (QED) is 0.914. The maximum atomic E-state index is 11.3. The summed E-state index contributed by atoms with van der Waals surface area (Å²) < 4.78 is 0. The van der Waals surface area contributed by atoms with E-state index in [-0.39, 0.29) is 0 Å². The smallest absolute Gasteiger partial charge is 0.250 e. The lowest BCUT2D eigenvalue weighted by molar-refractivity contribution is -0.0216. The van der Waals surface area contributed by atoms with Crippen molar-refractivity contribution >= 4 is 11.7 Å². The molecule has 3 saturated heterocycles. The number of carbonyl (C=O) groups is 1. The molecule has 1 amide bonds. The van der Waals surface area contributed by atoms with Crippen molar-refractivity contribution in [2.75, 3.05) is 24.5 Å². The van der Waals surface area contributed by atoms with Crippen molar-refractivity contribution in [2.24, 2.45) is 17.6 Å². The highest BCUT2D eigenvalue weighted by molar-refractivity contribution is 5.92. The second kappa shape index (κ2) is 6.94. The van der Waals surface area contributed by atoms with Crippen molar-refractivity contribution in [1.29, 1.82) is 0 Å². The van der Waals surface area contributed by atoms with E-state index in [1.54, 1.807) is 12.3 Å². The molecule has 3 aliphatic heterocycles. The van der Waals surface area contributed by atoms with Crippen molar-refractivity contribution in [3.63, 3.8) is 0 Å². The van der Waals surface area contributed by atoms with E-state index in [4.69, 9.17) is 5.73 Å². The van der Waals surface area contributed by atoms with Gasteiger partial charge >= 0.3 is 0 Å². The topological polar surface area (TPSA) is 62.5 Å². The summed E-state index contributed by atoms with van der Waals surface area (Å²) in [5, 5.41) is 0. The number of carbonyl (C=O) groups excluding carboxylic acids is 1. The standard InChI is InChI=1S/C20H30N4O/c1-2-4-17-5-3-6-18-16-9-14(12-24(17)18)11-23(13-16)19-8-7-15(10-22-19)20(21)25/h7-8,10,14,16-18H,2-6,9,11-13H2,1H3,(H2,21,25)/t14-,16+,17-,18-/m0/s1. The van der Waals surface area contributed by atoms with Crippen LogP contribution in [-0.2, 0) is 0 Å². The minimum atomic E-state index is -0.408. The van der Waals surface area contributed by atoms with Crippen molar-refractivity contribution in [3.8, 4) is 0 Å². The molecule has 0 unspecified atom stereocenters. The van der Waals surface area contributed by atoms with E-state index in [9.17, 15) is 4.79 Å². The van der Waals surface area contributed by atoms with Crippen molar-refractivity contribution < 1.29 is 4.79 Å². The molecule has 2 N–H and O–H groups in total. The first-order valence-corrected chi connectivity index (χ1v) is 9.92. The highest BCUT2D eigenvalue weighted by Gasteiger charge is 2.44. The number of nitrogens with zero attached hydrogens (tertiary/aromatic N) is 3. The van der Waals surface area contributed by atoms with Crippen LogP contribution in [0.5, 0.6) is 0 Å². The normalized spacial score (nSPS) is 32.3. The Kier molecular flexibility index (Phi) is 4.67. The number of rotatable bonds is 4. The summed E-state index contributed by atoms with van der Waals surface area (Å²) in [5.74, 6) is 2.08. The fourth-order valence-electron chi connectivity index (χ4n) is 5.46. The Morgan fingerprint density at radius 2 is 2.16 bits per heavy atom. The number of nitrogens with two attached hydrogens (primary N) is 1. The van der Waals surface area contributed by atoms with Gasteiger partial charge in [-0.3, -0.25) is 9.69 Å². The van der Waals surface area contributed by atoms with Crippen LogP contribution < -0.4 is 10.6 Å². The minimum Gasteiger partial charge on any atom is -0.366 e. The summed E-state index contributed by atoms with van der Waals surface area (Å²) >= 11 is 0. The number of hydrogen-bond donors (Lipinski definition) is 1. The second-order valence-corrected chi connectivity index (χ2v) is 8.17. The van der Waals surface area contributed by atoms with E-state index in [0.717, 1.165) is 42.8 Å². The van der Waals surface area contributed by atoms with Crippen LogP contribution in [0.15, 0.2) is 18.3 Å². The molecule has 4 atom stereocenters. The first kappa shape index (κ1) is 16.8. The van der Waals surface area contributed by atoms with Crippen LogP contribution in [0.1, 0.15) is 55.8 Å². The molecule has 25 heavy (non-hydrogen) atoms. The van der Waals surface area contributed by atoms with Gasteiger partial charge in [-0.05, 0) is 49.7 Å². The number of pyridine rings is 1. The van der Waals surface area contributed by atoms with Gasteiger partial charge in [0, 0.05) is 37.9 Å².